The van der Waals surface area contributed by atoms with E-state index in [0.717, 1.165) is 22.2 Å². The zero-order chi connectivity index (χ0) is 19.7. The number of amides is 1. The van der Waals surface area contributed by atoms with E-state index in [9.17, 15) is 14.9 Å². The Balaban J connectivity index is 1.49. The van der Waals surface area contributed by atoms with Crippen molar-refractivity contribution in [3.05, 3.63) is 58.1 Å². The van der Waals surface area contributed by atoms with Crippen LogP contribution in [-0.2, 0) is 4.79 Å². The van der Waals surface area contributed by atoms with Gasteiger partial charge in [-0.25, -0.2) is 9.29 Å². The molecule has 1 fully saturated rings. The molecule has 144 valence electrons. The van der Waals surface area contributed by atoms with E-state index in [1.807, 2.05) is 23.4 Å². The average Bonchev–Trinajstić information content (AvgIpc) is 3.28. The summed E-state index contributed by atoms with van der Waals surface area (Å²) in [5.74, 6) is -0.126. The maximum atomic E-state index is 12.8. The summed E-state index contributed by atoms with van der Waals surface area (Å²) in [6.45, 7) is 2.72. The molecule has 1 N–H and O–H groups in total. The lowest BCUT2D eigenvalue weighted by Gasteiger charge is -2.21. The minimum absolute atomic E-state index is 0.0556. The van der Waals surface area contributed by atoms with Gasteiger partial charge in [0.15, 0.2) is 5.13 Å². The first kappa shape index (κ1) is 18.9. The van der Waals surface area contributed by atoms with Crippen LogP contribution in [0.1, 0.15) is 18.4 Å². The molecule has 1 aliphatic rings. The topological polar surface area (TPSA) is 88.4 Å². The van der Waals surface area contributed by atoms with E-state index in [0.29, 0.717) is 23.0 Å². The number of nitrogens with one attached hydrogen (secondary N) is 1. The fourth-order valence-electron chi connectivity index (χ4n) is 3.20. The van der Waals surface area contributed by atoms with E-state index in [4.69, 9.17) is 0 Å². The van der Waals surface area contributed by atoms with E-state index < -0.39 is 4.92 Å². The number of fused-ring (bicyclic) bond motifs is 1. The Labute approximate surface area is 170 Å². The van der Waals surface area contributed by atoms with Gasteiger partial charge in [0, 0.05) is 12.6 Å². The number of carbonyl (C=O) groups excluding carboxylic acids is 1. The molecule has 0 aliphatic carbocycles. The number of thiazole rings is 1. The van der Waals surface area contributed by atoms with Crippen LogP contribution in [0.25, 0.3) is 10.2 Å². The van der Waals surface area contributed by atoms with Crippen LogP contribution >= 0.6 is 23.3 Å². The molecule has 1 aromatic heterocycles. The summed E-state index contributed by atoms with van der Waals surface area (Å²) in [5, 5.41) is 14.8. The number of para-hydroxylation sites is 1. The summed E-state index contributed by atoms with van der Waals surface area (Å²) < 4.78 is 2.96. The third-order valence-electron chi connectivity index (χ3n) is 4.56. The maximum absolute atomic E-state index is 12.8. The molecule has 4 rings (SSSR count). The number of anilines is 1. The van der Waals surface area contributed by atoms with Crippen LogP contribution in [0.15, 0.2) is 47.4 Å². The van der Waals surface area contributed by atoms with Crippen molar-refractivity contribution in [3.8, 4) is 0 Å². The summed E-state index contributed by atoms with van der Waals surface area (Å²) >= 11 is 2.73. The summed E-state index contributed by atoms with van der Waals surface area (Å²) in [6, 6.07) is 12.3. The van der Waals surface area contributed by atoms with Crippen molar-refractivity contribution >= 4 is 50.2 Å². The molecule has 9 heteroatoms. The molecule has 0 bridgehead atoms. The number of aryl methyl sites for hydroxylation is 1. The van der Waals surface area contributed by atoms with Gasteiger partial charge in [0.25, 0.3) is 5.69 Å². The lowest BCUT2D eigenvalue weighted by Crippen LogP contribution is -2.35. The van der Waals surface area contributed by atoms with Crippen molar-refractivity contribution in [1.29, 1.82) is 0 Å². The molecule has 0 radical (unpaired) electrons. The molecule has 1 unspecified atom stereocenters. The molecular formula is C19H18N4O3S2. The van der Waals surface area contributed by atoms with E-state index in [1.54, 1.807) is 18.2 Å². The smallest absolute Gasteiger partial charge is 0.284 e. The normalized spacial score (nSPS) is 17.1. The van der Waals surface area contributed by atoms with Crippen LogP contribution < -0.4 is 5.32 Å². The van der Waals surface area contributed by atoms with Crippen LogP contribution in [0.4, 0.5) is 10.8 Å². The minimum Gasteiger partial charge on any atom is -0.301 e. The van der Waals surface area contributed by atoms with E-state index >= 15 is 0 Å². The van der Waals surface area contributed by atoms with E-state index in [-0.39, 0.29) is 17.6 Å². The first-order valence-electron chi connectivity index (χ1n) is 8.87. The van der Waals surface area contributed by atoms with Gasteiger partial charge in [-0.05, 0) is 55.5 Å². The largest absolute Gasteiger partial charge is 0.301 e. The van der Waals surface area contributed by atoms with Gasteiger partial charge in [0.1, 0.15) is 4.90 Å². The van der Waals surface area contributed by atoms with Crippen molar-refractivity contribution in [1.82, 2.24) is 9.29 Å². The monoisotopic (exact) mass is 414 g/mol. The molecule has 28 heavy (non-hydrogen) atoms. The highest BCUT2D eigenvalue weighted by Crippen LogP contribution is 2.36. The van der Waals surface area contributed by atoms with Crippen molar-refractivity contribution < 1.29 is 9.72 Å². The molecule has 7 nitrogen and oxygen atoms in total. The van der Waals surface area contributed by atoms with Crippen molar-refractivity contribution in [2.75, 3.05) is 11.9 Å². The second kappa shape index (κ2) is 7.86. The third-order valence-corrected chi connectivity index (χ3v) is 6.71. The highest BCUT2D eigenvalue weighted by Gasteiger charge is 2.33. The fourth-order valence-corrected chi connectivity index (χ4v) is 5.34. The number of benzene rings is 2. The van der Waals surface area contributed by atoms with Crippen LogP contribution in [0, 0.1) is 17.0 Å². The highest BCUT2D eigenvalue weighted by atomic mass is 32.2. The Morgan fingerprint density at radius 1 is 1.36 bits per heavy atom. The number of nitro benzene ring substituents is 1. The molecule has 2 heterocycles. The minimum atomic E-state index is -0.392. The molecule has 1 aliphatic heterocycles. The van der Waals surface area contributed by atoms with Gasteiger partial charge in [-0.3, -0.25) is 14.9 Å². The van der Waals surface area contributed by atoms with E-state index in [2.05, 4.69) is 16.4 Å². The fraction of sp³-hybridized carbons (Fsp3) is 0.263. The van der Waals surface area contributed by atoms with Gasteiger partial charge in [0.05, 0.1) is 21.2 Å². The lowest BCUT2D eigenvalue weighted by molar-refractivity contribution is -0.387. The highest BCUT2D eigenvalue weighted by molar-refractivity contribution is 7.97. The molecular weight excluding hydrogens is 396 g/mol. The summed E-state index contributed by atoms with van der Waals surface area (Å²) in [4.78, 5) is 28.7. The summed E-state index contributed by atoms with van der Waals surface area (Å²) in [6.07, 6.45) is 1.58. The summed E-state index contributed by atoms with van der Waals surface area (Å²) in [5.41, 5.74) is 2.07. The third kappa shape index (κ3) is 3.87. The number of hydrogen-bond acceptors (Lipinski definition) is 7. The predicted octanol–water partition coefficient (Wildman–Crippen LogP) is 4.62. The number of nitro groups is 1. The molecule has 3 aromatic rings. The van der Waals surface area contributed by atoms with Gasteiger partial charge < -0.3 is 5.32 Å². The van der Waals surface area contributed by atoms with Crippen molar-refractivity contribution in [2.24, 2.45) is 0 Å². The van der Waals surface area contributed by atoms with Crippen LogP contribution in [-0.4, -0.2) is 32.7 Å². The molecule has 0 saturated carbocycles. The Morgan fingerprint density at radius 2 is 2.18 bits per heavy atom. The number of rotatable bonds is 5. The Morgan fingerprint density at radius 3 is 3.00 bits per heavy atom. The zero-order valence-corrected chi connectivity index (χ0v) is 16.8. The SMILES string of the molecule is Cc1ccc2nc(NC(=O)C3CCCN3Sc3ccccc3[N+](=O)[O-])sc2c1. The Hall–Kier alpha value is -2.49. The standard InChI is InChI=1S/C19H18N4O3S2/c1-12-8-9-13-17(11-12)27-19(20-13)21-18(24)15-6-4-10-22(15)28-16-7-3-2-5-14(16)23(25)26/h2-3,5,7-9,11,15H,4,6,10H2,1H3,(H,20,21,24). The molecule has 1 saturated heterocycles. The van der Waals surface area contributed by atoms with Crippen LogP contribution in [0.2, 0.25) is 0 Å². The number of hydrogen-bond donors (Lipinski definition) is 1. The molecule has 1 amide bonds. The van der Waals surface area contributed by atoms with Crippen molar-refractivity contribution in [3.63, 3.8) is 0 Å². The summed E-state index contributed by atoms with van der Waals surface area (Å²) in [7, 11) is 0. The number of carbonyl (C=O) groups is 1. The number of nitrogens with zero attached hydrogens (tertiary/aromatic N) is 3. The second-order valence-electron chi connectivity index (χ2n) is 6.59. The van der Waals surface area contributed by atoms with Crippen molar-refractivity contribution in [2.45, 2.75) is 30.7 Å². The maximum Gasteiger partial charge on any atom is 0.284 e. The van der Waals surface area contributed by atoms with Crippen LogP contribution in [0.3, 0.4) is 0 Å². The Kier molecular flexibility index (Phi) is 5.29. The number of aromatic nitrogens is 1. The van der Waals surface area contributed by atoms with Gasteiger partial charge in [-0.2, -0.15) is 0 Å². The van der Waals surface area contributed by atoms with Gasteiger partial charge in [-0.1, -0.05) is 29.5 Å². The van der Waals surface area contributed by atoms with Gasteiger partial charge >= 0.3 is 0 Å². The van der Waals surface area contributed by atoms with Crippen LogP contribution in [0.5, 0.6) is 0 Å². The first-order chi connectivity index (χ1) is 13.5. The molecule has 0 spiro atoms. The lowest BCUT2D eigenvalue weighted by atomic mass is 10.2. The second-order valence-corrected chi connectivity index (χ2v) is 8.72. The van der Waals surface area contributed by atoms with Gasteiger partial charge in [-0.15, -0.1) is 0 Å². The molecule has 1 atom stereocenters. The van der Waals surface area contributed by atoms with E-state index in [1.165, 1.54) is 29.4 Å². The predicted molar refractivity (Wildman–Crippen MR) is 112 cm³/mol. The zero-order valence-electron chi connectivity index (χ0n) is 15.1. The Bertz CT molecular complexity index is 1050. The van der Waals surface area contributed by atoms with Gasteiger partial charge in [0.2, 0.25) is 5.91 Å². The first-order valence-corrected chi connectivity index (χ1v) is 10.5. The quantitative estimate of drug-likeness (QED) is 0.372. The molecule has 2 aromatic carbocycles. The average molecular weight is 415 g/mol.